The summed E-state index contributed by atoms with van der Waals surface area (Å²) in [7, 11) is 1.65. The summed E-state index contributed by atoms with van der Waals surface area (Å²) in [6, 6.07) is 18.2. The van der Waals surface area contributed by atoms with Crippen LogP contribution in [-0.2, 0) is 11.2 Å². The number of carbonyl (C=O) groups excluding carboxylic acids is 2. The van der Waals surface area contributed by atoms with Crippen molar-refractivity contribution in [1.82, 2.24) is 9.80 Å². The minimum absolute atomic E-state index is 0.0767. The van der Waals surface area contributed by atoms with Crippen LogP contribution < -0.4 is 4.74 Å². The maximum Gasteiger partial charge on any atom is 0.264 e. The summed E-state index contributed by atoms with van der Waals surface area (Å²) in [4.78, 5) is 30.3. The van der Waals surface area contributed by atoms with Gasteiger partial charge in [-0.3, -0.25) is 9.59 Å². The molecule has 5 rings (SSSR count). The van der Waals surface area contributed by atoms with Crippen molar-refractivity contribution in [3.8, 4) is 5.75 Å². The van der Waals surface area contributed by atoms with E-state index in [0.29, 0.717) is 39.0 Å². The van der Waals surface area contributed by atoms with Crippen molar-refractivity contribution in [2.45, 2.75) is 12.8 Å². The molecule has 0 aliphatic carbocycles. The highest BCUT2D eigenvalue weighted by Crippen LogP contribution is 2.39. The zero-order chi connectivity index (χ0) is 22.1. The first-order valence-electron chi connectivity index (χ1n) is 10.7. The van der Waals surface area contributed by atoms with E-state index in [2.05, 4.69) is 12.1 Å². The summed E-state index contributed by atoms with van der Waals surface area (Å²) in [6.07, 6.45) is 1.19. The average molecular weight is 465 g/mol. The van der Waals surface area contributed by atoms with E-state index < -0.39 is 0 Å². The van der Waals surface area contributed by atoms with Crippen molar-refractivity contribution >= 4 is 54.0 Å². The van der Waals surface area contributed by atoms with E-state index in [4.69, 9.17) is 4.74 Å². The molecule has 0 radical (unpaired) electrons. The molecule has 2 aromatic carbocycles. The lowest BCUT2D eigenvalue weighted by Crippen LogP contribution is -2.50. The van der Waals surface area contributed by atoms with Crippen LogP contribution in [0, 0.1) is 0 Å². The van der Waals surface area contributed by atoms with Crippen molar-refractivity contribution < 1.29 is 14.3 Å². The fourth-order valence-corrected chi connectivity index (χ4v) is 6.61. The Morgan fingerprint density at radius 1 is 0.906 bits per heavy atom. The first kappa shape index (κ1) is 21.0. The van der Waals surface area contributed by atoms with Crippen LogP contribution in [0.3, 0.4) is 0 Å². The summed E-state index contributed by atoms with van der Waals surface area (Å²) in [6.45, 7) is 2.35. The molecule has 2 aromatic heterocycles. The molecular formula is C25H24N2O3S2. The Kier molecular flexibility index (Phi) is 5.85. The Bertz CT molecular complexity index is 1270. The quantitative estimate of drug-likeness (QED) is 0.416. The van der Waals surface area contributed by atoms with E-state index in [1.165, 1.54) is 19.5 Å². The van der Waals surface area contributed by atoms with Crippen LogP contribution in [0.1, 0.15) is 21.7 Å². The van der Waals surface area contributed by atoms with Gasteiger partial charge in [-0.2, -0.15) is 0 Å². The number of thiophene rings is 2. The second kappa shape index (κ2) is 8.92. The first-order valence-corrected chi connectivity index (χ1v) is 12.4. The Balaban J connectivity index is 1.17. The number of rotatable bonds is 5. The van der Waals surface area contributed by atoms with Crippen LogP contribution in [0.4, 0.5) is 0 Å². The molecule has 164 valence electrons. The molecule has 1 aliphatic rings. The SMILES string of the molecule is COc1ccc(CCC(=O)N2CCN(C(=O)c3cc4sc5ccccc5c4s3)CC2)cc1. The van der Waals surface area contributed by atoms with Gasteiger partial charge in [-0.1, -0.05) is 30.3 Å². The van der Waals surface area contributed by atoms with Gasteiger partial charge in [0.2, 0.25) is 5.91 Å². The molecule has 2 amide bonds. The highest BCUT2D eigenvalue weighted by atomic mass is 32.1. The number of hydrogen-bond acceptors (Lipinski definition) is 5. The van der Waals surface area contributed by atoms with Gasteiger partial charge >= 0.3 is 0 Å². The van der Waals surface area contributed by atoms with Crippen LogP contribution in [0.5, 0.6) is 5.75 Å². The molecule has 32 heavy (non-hydrogen) atoms. The van der Waals surface area contributed by atoms with E-state index in [1.54, 1.807) is 29.8 Å². The highest BCUT2D eigenvalue weighted by Gasteiger charge is 2.26. The molecule has 5 nitrogen and oxygen atoms in total. The van der Waals surface area contributed by atoms with Gasteiger partial charge in [-0.05, 0) is 36.2 Å². The molecule has 1 fully saturated rings. The number of amides is 2. The minimum atomic E-state index is 0.0767. The number of methoxy groups -OCH3 is 1. The molecule has 0 saturated carbocycles. The van der Waals surface area contributed by atoms with Crippen LogP contribution >= 0.6 is 22.7 Å². The van der Waals surface area contributed by atoms with Gasteiger partial charge in [0, 0.05) is 47.4 Å². The fraction of sp³-hybridized carbons (Fsp3) is 0.280. The van der Waals surface area contributed by atoms with Crippen molar-refractivity contribution in [2.75, 3.05) is 33.3 Å². The summed E-state index contributed by atoms with van der Waals surface area (Å²) in [5, 5.41) is 1.23. The monoisotopic (exact) mass is 464 g/mol. The van der Waals surface area contributed by atoms with Crippen LogP contribution in [0.2, 0.25) is 0 Å². The molecule has 0 spiro atoms. The van der Waals surface area contributed by atoms with Gasteiger partial charge in [0.15, 0.2) is 0 Å². The van der Waals surface area contributed by atoms with Gasteiger partial charge in [0.25, 0.3) is 5.91 Å². The Morgan fingerprint density at radius 3 is 2.38 bits per heavy atom. The van der Waals surface area contributed by atoms with Crippen molar-refractivity contribution in [1.29, 1.82) is 0 Å². The van der Waals surface area contributed by atoms with Crippen molar-refractivity contribution in [2.24, 2.45) is 0 Å². The summed E-state index contributed by atoms with van der Waals surface area (Å²) >= 11 is 3.32. The second-order valence-electron chi connectivity index (χ2n) is 7.92. The van der Waals surface area contributed by atoms with Crippen LogP contribution in [-0.4, -0.2) is 54.9 Å². The number of fused-ring (bicyclic) bond motifs is 3. The van der Waals surface area contributed by atoms with Gasteiger partial charge in [0.1, 0.15) is 5.75 Å². The topological polar surface area (TPSA) is 49.9 Å². The highest BCUT2D eigenvalue weighted by molar-refractivity contribution is 7.33. The zero-order valence-electron chi connectivity index (χ0n) is 17.9. The Hall–Kier alpha value is -2.90. The largest absolute Gasteiger partial charge is 0.497 e. The van der Waals surface area contributed by atoms with Gasteiger partial charge in [0.05, 0.1) is 16.7 Å². The standard InChI is InChI=1S/C25H24N2O3S2/c1-30-18-9-6-17(7-10-18)8-11-23(28)26-12-14-27(15-13-26)25(29)22-16-21-24(32-22)19-4-2-3-5-20(19)31-21/h2-7,9-10,16H,8,11-15H2,1H3. The number of nitrogens with zero attached hydrogens (tertiary/aromatic N) is 2. The van der Waals surface area contributed by atoms with Gasteiger partial charge < -0.3 is 14.5 Å². The maximum absolute atomic E-state index is 13.1. The lowest BCUT2D eigenvalue weighted by molar-refractivity contribution is -0.132. The minimum Gasteiger partial charge on any atom is -0.497 e. The number of ether oxygens (including phenoxy) is 1. The third-order valence-electron chi connectivity index (χ3n) is 5.97. The molecule has 0 unspecified atom stereocenters. The number of carbonyl (C=O) groups is 2. The Labute approximate surface area is 194 Å². The van der Waals surface area contributed by atoms with E-state index in [1.807, 2.05) is 52.3 Å². The predicted octanol–water partition coefficient (Wildman–Crippen LogP) is 5.04. The third-order valence-corrected chi connectivity index (χ3v) is 8.37. The number of piperazine rings is 1. The van der Waals surface area contributed by atoms with Crippen molar-refractivity contribution in [3.63, 3.8) is 0 Å². The zero-order valence-corrected chi connectivity index (χ0v) is 19.5. The normalized spacial score (nSPS) is 14.3. The van der Waals surface area contributed by atoms with E-state index >= 15 is 0 Å². The molecular weight excluding hydrogens is 440 g/mol. The van der Waals surface area contributed by atoms with Crippen molar-refractivity contribution in [3.05, 3.63) is 65.0 Å². The second-order valence-corrected chi connectivity index (χ2v) is 10.1. The number of benzene rings is 2. The number of hydrogen-bond donors (Lipinski definition) is 0. The van der Waals surface area contributed by atoms with Gasteiger partial charge in [-0.25, -0.2) is 0 Å². The molecule has 4 aromatic rings. The summed E-state index contributed by atoms with van der Waals surface area (Å²) < 4.78 is 8.80. The smallest absolute Gasteiger partial charge is 0.264 e. The molecule has 0 atom stereocenters. The number of aryl methyl sites for hydroxylation is 1. The lowest BCUT2D eigenvalue weighted by atomic mass is 10.1. The third kappa shape index (κ3) is 4.10. The first-order chi connectivity index (χ1) is 15.6. The molecule has 1 saturated heterocycles. The van der Waals surface area contributed by atoms with E-state index in [0.717, 1.165) is 16.2 Å². The van der Waals surface area contributed by atoms with E-state index in [-0.39, 0.29) is 11.8 Å². The van der Waals surface area contributed by atoms with Crippen LogP contribution in [0.15, 0.2) is 54.6 Å². The fourth-order valence-electron chi connectivity index (χ4n) is 4.12. The van der Waals surface area contributed by atoms with E-state index in [9.17, 15) is 9.59 Å². The Morgan fingerprint density at radius 2 is 1.62 bits per heavy atom. The van der Waals surface area contributed by atoms with Crippen LogP contribution in [0.25, 0.3) is 19.5 Å². The lowest BCUT2D eigenvalue weighted by Gasteiger charge is -2.34. The summed E-state index contributed by atoms with van der Waals surface area (Å²) in [5.41, 5.74) is 1.12. The maximum atomic E-state index is 13.1. The molecule has 7 heteroatoms. The molecule has 0 N–H and O–H groups in total. The predicted molar refractivity (Wildman–Crippen MR) is 131 cm³/mol. The van der Waals surface area contributed by atoms with Gasteiger partial charge in [-0.15, -0.1) is 22.7 Å². The molecule has 0 bridgehead atoms. The molecule has 1 aliphatic heterocycles. The molecule has 3 heterocycles. The average Bonchev–Trinajstić information content (AvgIpc) is 3.41. The summed E-state index contributed by atoms with van der Waals surface area (Å²) in [5.74, 6) is 1.04.